The van der Waals surface area contributed by atoms with Gasteiger partial charge in [0.25, 0.3) is 0 Å². The minimum Gasteiger partial charge on any atom is -0.393 e. The number of hydrogen-bond donors (Lipinski definition) is 4. The molecule has 214 valence electrons. The number of fused-ring (bicyclic) bond motifs is 5. The molecule has 0 radical (unpaired) electrons. The average molecular weight is 518 g/mol. The summed E-state index contributed by atoms with van der Waals surface area (Å²) in [4.78, 5) is 0. The fourth-order valence-corrected chi connectivity index (χ4v) is 10.1. The summed E-state index contributed by atoms with van der Waals surface area (Å²) in [5.74, 6) is 2.61. The van der Waals surface area contributed by atoms with E-state index in [9.17, 15) is 15.3 Å². The Morgan fingerprint density at radius 1 is 0.946 bits per heavy atom. The second-order valence-corrected chi connectivity index (χ2v) is 14.3. The van der Waals surface area contributed by atoms with E-state index in [0.29, 0.717) is 35.5 Å². The molecule has 4 fully saturated rings. The average Bonchev–Trinajstić information content (AvgIpc) is 3.22. The van der Waals surface area contributed by atoms with Gasteiger partial charge >= 0.3 is 0 Å². The van der Waals surface area contributed by atoms with Crippen LogP contribution in [-0.2, 0) is 0 Å². The van der Waals surface area contributed by atoms with E-state index in [4.69, 9.17) is 0 Å². The molecule has 37 heavy (non-hydrogen) atoms. The molecular weight excluding hydrogens is 458 g/mol. The van der Waals surface area contributed by atoms with Crippen molar-refractivity contribution in [2.45, 2.75) is 142 Å². The van der Waals surface area contributed by atoms with Crippen molar-refractivity contribution < 1.29 is 15.3 Å². The summed E-state index contributed by atoms with van der Waals surface area (Å²) in [5.41, 5.74) is 1.26. The van der Waals surface area contributed by atoms with Gasteiger partial charge in [-0.3, -0.25) is 0 Å². The van der Waals surface area contributed by atoms with Crippen LogP contribution in [0, 0.1) is 46.3 Å². The Balaban J connectivity index is 1.31. The Hall–Kier alpha value is -0.580. The van der Waals surface area contributed by atoms with Gasteiger partial charge in [0.1, 0.15) is 0 Å². The van der Waals surface area contributed by atoms with E-state index >= 15 is 0 Å². The van der Waals surface area contributed by atoms with Gasteiger partial charge in [0, 0.05) is 12.2 Å². The van der Waals surface area contributed by atoms with Gasteiger partial charge < -0.3 is 20.6 Å². The molecule has 4 aliphatic carbocycles. The fourth-order valence-electron chi connectivity index (χ4n) is 10.1. The predicted octanol–water partition coefficient (Wildman–Crippen LogP) is 6.83. The maximum Gasteiger partial charge on any atom is 0.0602 e. The number of aliphatic hydroxyl groups is 3. The number of unbranched alkanes of at least 4 members (excludes halogenated alkanes) is 4. The van der Waals surface area contributed by atoms with Crippen LogP contribution >= 0.6 is 0 Å². The lowest BCUT2D eigenvalue weighted by Crippen LogP contribution is -2.62. The monoisotopic (exact) mass is 517 g/mol. The van der Waals surface area contributed by atoms with E-state index in [2.05, 4.69) is 39.6 Å². The predicted molar refractivity (Wildman–Crippen MR) is 153 cm³/mol. The van der Waals surface area contributed by atoms with Crippen LogP contribution in [0.4, 0.5) is 0 Å². The summed E-state index contributed by atoms with van der Waals surface area (Å²) >= 11 is 0. The summed E-state index contributed by atoms with van der Waals surface area (Å²) in [7, 11) is 0. The molecule has 0 aromatic heterocycles. The molecule has 0 aromatic rings. The van der Waals surface area contributed by atoms with Crippen molar-refractivity contribution in [3.63, 3.8) is 0 Å². The Labute approximate surface area is 228 Å². The van der Waals surface area contributed by atoms with Gasteiger partial charge in [-0.1, -0.05) is 60.0 Å². The third-order valence-electron chi connectivity index (χ3n) is 12.3. The van der Waals surface area contributed by atoms with Crippen molar-refractivity contribution in [2.75, 3.05) is 6.54 Å². The molecule has 0 bridgehead atoms. The van der Waals surface area contributed by atoms with Crippen LogP contribution in [0.3, 0.4) is 0 Å². The third-order valence-corrected chi connectivity index (χ3v) is 12.3. The van der Waals surface area contributed by atoms with Crippen LogP contribution in [0.15, 0.2) is 12.3 Å². The van der Waals surface area contributed by atoms with Crippen molar-refractivity contribution in [1.29, 1.82) is 0 Å². The molecule has 0 heterocycles. The van der Waals surface area contributed by atoms with E-state index in [1.807, 2.05) is 0 Å². The van der Waals surface area contributed by atoms with E-state index in [1.165, 1.54) is 50.6 Å². The Morgan fingerprint density at radius 2 is 1.70 bits per heavy atom. The summed E-state index contributed by atoms with van der Waals surface area (Å²) < 4.78 is 0. The minimum atomic E-state index is -0.283. The maximum atomic E-state index is 11.8. The minimum absolute atomic E-state index is 0.0888. The van der Waals surface area contributed by atoms with Gasteiger partial charge in [-0.15, -0.1) is 0 Å². The first-order valence-corrected chi connectivity index (χ1v) is 16.1. The fraction of sp³-hybridized carbons (Fsp3) is 0.939. The standard InChI is InChI=1S/C33H59NO3/c1-6-7-8-9-10-13-23(3)34-18-11-12-22(2)26-14-15-27-31-28(21-30(37)33(26,27)5)32(4)17-16-25(35)19-24(32)20-29(31)36/h22,24-31,34-37H,3,6-21H2,1-2,4-5H3/t22?,24-,25+,26?,27-,28-,29+,30-,31?,32?,33?/m0/s1. The van der Waals surface area contributed by atoms with Gasteiger partial charge in [0.05, 0.1) is 18.3 Å². The maximum absolute atomic E-state index is 11.8. The molecule has 4 aliphatic rings. The van der Waals surface area contributed by atoms with Gasteiger partial charge in [-0.05, 0) is 117 Å². The molecule has 0 amide bonds. The summed E-state index contributed by atoms with van der Waals surface area (Å²) in [6.07, 6.45) is 16.0. The summed E-state index contributed by atoms with van der Waals surface area (Å²) in [6, 6.07) is 0. The van der Waals surface area contributed by atoms with E-state index in [1.54, 1.807) is 0 Å². The first kappa shape index (κ1) is 29.4. The van der Waals surface area contributed by atoms with Crippen LogP contribution in [0.1, 0.15) is 124 Å². The molecule has 4 N–H and O–H groups in total. The second-order valence-electron chi connectivity index (χ2n) is 14.3. The highest BCUT2D eigenvalue weighted by Gasteiger charge is 2.65. The molecule has 11 atom stereocenters. The quantitative estimate of drug-likeness (QED) is 0.214. The molecule has 5 unspecified atom stereocenters. The summed E-state index contributed by atoms with van der Waals surface area (Å²) in [5, 5.41) is 37.1. The van der Waals surface area contributed by atoms with E-state index < -0.39 is 0 Å². The van der Waals surface area contributed by atoms with Gasteiger partial charge in [0.2, 0.25) is 0 Å². The smallest absolute Gasteiger partial charge is 0.0602 e. The lowest BCUT2D eigenvalue weighted by atomic mass is 9.43. The third kappa shape index (κ3) is 5.82. The van der Waals surface area contributed by atoms with Crippen molar-refractivity contribution >= 4 is 0 Å². The largest absolute Gasteiger partial charge is 0.393 e. The molecule has 0 spiro atoms. The van der Waals surface area contributed by atoms with Crippen LogP contribution < -0.4 is 5.32 Å². The Kier molecular flexibility index (Phi) is 9.77. The number of rotatable bonds is 12. The molecule has 0 aliphatic heterocycles. The van der Waals surface area contributed by atoms with Crippen LogP contribution in [0.5, 0.6) is 0 Å². The zero-order chi connectivity index (χ0) is 26.8. The Morgan fingerprint density at radius 3 is 2.46 bits per heavy atom. The molecule has 0 saturated heterocycles. The second kappa shape index (κ2) is 12.3. The van der Waals surface area contributed by atoms with Crippen molar-refractivity contribution in [3.05, 3.63) is 12.3 Å². The molecular formula is C33H59NO3. The lowest BCUT2D eigenvalue weighted by molar-refractivity contribution is -0.207. The van der Waals surface area contributed by atoms with Crippen molar-refractivity contribution in [3.8, 4) is 0 Å². The molecule has 4 saturated carbocycles. The van der Waals surface area contributed by atoms with Crippen molar-refractivity contribution in [1.82, 2.24) is 5.32 Å². The van der Waals surface area contributed by atoms with Gasteiger partial charge in [0.15, 0.2) is 0 Å². The zero-order valence-electron chi connectivity index (χ0n) is 24.6. The SMILES string of the molecule is C=C(CCCCCCC)NCCCC(C)C1CC[C@H]2C3[C@H](O)C[C@@H]4C[C@H](O)CCC4(C)[C@H]3C[C@H](O)C12C. The molecule has 4 rings (SSSR count). The number of nitrogens with one attached hydrogen (secondary N) is 1. The van der Waals surface area contributed by atoms with Crippen LogP contribution in [-0.4, -0.2) is 40.2 Å². The highest BCUT2D eigenvalue weighted by Crippen LogP contribution is 2.68. The topological polar surface area (TPSA) is 72.7 Å². The molecule has 4 heteroatoms. The lowest BCUT2D eigenvalue weighted by Gasteiger charge is -2.63. The molecule has 0 aromatic carbocycles. The molecule has 4 nitrogen and oxygen atoms in total. The first-order chi connectivity index (χ1) is 17.6. The Bertz CT molecular complexity index is 756. The van der Waals surface area contributed by atoms with E-state index in [-0.39, 0.29) is 29.1 Å². The van der Waals surface area contributed by atoms with Gasteiger partial charge in [-0.2, -0.15) is 0 Å². The van der Waals surface area contributed by atoms with Crippen LogP contribution in [0.2, 0.25) is 0 Å². The van der Waals surface area contributed by atoms with E-state index in [0.717, 1.165) is 57.9 Å². The number of hydrogen-bond acceptors (Lipinski definition) is 4. The normalized spacial score (nSPS) is 44.0. The number of allylic oxidation sites excluding steroid dienone is 1. The number of aliphatic hydroxyl groups excluding tert-OH is 3. The summed E-state index contributed by atoms with van der Waals surface area (Å²) in [6.45, 7) is 14.7. The highest BCUT2D eigenvalue weighted by atomic mass is 16.3. The van der Waals surface area contributed by atoms with Crippen LogP contribution in [0.25, 0.3) is 0 Å². The first-order valence-electron chi connectivity index (χ1n) is 16.1. The van der Waals surface area contributed by atoms with Crippen molar-refractivity contribution in [2.24, 2.45) is 46.3 Å². The zero-order valence-corrected chi connectivity index (χ0v) is 24.6. The highest BCUT2D eigenvalue weighted by molar-refractivity contribution is 5.14. The van der Waals surface area contributed by atoms with Gasteiger partial charge in [-0.25, -0.2) is 0 Å².